The molecule has 3 N–H and O–H groups in total. The zero-order valence-electron chi connectivity index (χ0n) is 29.0. The fraction of sp³-hybridized carbons (Fsp3) is 0.432. The Morgan fingerprint density at radius 1 is 1.04 bits per heavy atom. The summed E-state index contributed by atoms with van der Waals surface area (Å²) in [5, 5.41) is 3.19. The van der Waals surface area contributed by atoms with Crippen molar-refractivity contribution in [3.05, 3.63) is 81.8 Å². The maximum absolute atomic E-state index is 13.9. The molecule has 0 saturated carbocycles. The number of aryl methyl sites for hydroxylation is 1. The van der Waals surface area contributed by atoms with E-state index in [4.69, 9.17) is 10.5 Å². The number of pyridine rings is 3. The van der Waals surface area contributed by atoms with Crippen LogP contribution in [0.25, 0.3) is 11.1 Å². The van der Waals surface area contributed by atoms with E-state index >= 15 is 0 Å². The average Bonchev–Trinajstić information content (AvgIpc) is 3.55. The predicted octanol–water partition coefficient (Wildman–Crippen LogP) is 3.18. The van der Waals surface area contributed by atoms with E-state index in [0.717, 1.165) is 51.4 Å². The van der Waals surface area contributed by atoms with Crippen molar-refractivity contribution in [2.75, 3.05) is 54.5 Å². The summed E-state index contributed by atoms with van der Waals surface area (Å²) in [4.78, 5) is 55.9. The molecule has 13 heteroatoms. The molecule has 0 bridgehead atoms. The Labute approximate surface area is 290 Å². The lowest BCUT2D eigenvalue weighted by Gasteiger charge is -2.46. The van der Waals surface area contributed by atoms with Gasteiger partial charge in [-0.3, -0.25) is 24.2 Å². The van der Waals surface area contributed by atoms with Crippen LogP contribution in [-0.2, 0) is 31.2 Å². The highest BCUT2D eigenvalue weighted by Crippen LogP contribution is 2.40. The Balaban J connectivity index is 1.06. The van der Waals surface area contributed by atoms with Crippen LogP contribution in [0.2, 0.25) is 0 Å². The van der Waals surface area contributed by atoms with Gasteiger partial charge in [0, 0.05) is 75.0 Å². The van der Waals surface area contributed by atoms with Gasteiger partial charge in [0.1, 0.15) is 23.0 Å². The molecular weight excluding hydrogens is 634 g/mol. The number of hydrogen-bond acceptors (Lipinski definition) is 9. The summed E-state index contributed by atoms with van der Waals surface area (Å²) in [7, 11) is 1.65. The fourth-order valence-electron chi connectivity index (χ4n) is 8.10. The van der Waals surface area contributed by atoms with Gasteiger partial charge in [0.25, 0.3) is 17.4 Å². The monoisotopic (exact) mass is 677 g/mol. The number of piperazine rings is 1. The van der Waals surface area contributed by atoms with E-state index in [2.05, 4.69) is 50.4 Å². The van der Waals surface area contributed by atoms with Gasteiger partial charge in [-0.05, 0) is 61.1 Å². The number of aromatic nitrogens is 4. The molecule has 1 aliphatic carbocycles. The first-order valence-electron chi connectivity index (χ1n) is 17.3. The van der Waals surface area contributed by atoms with Crippen molar-refractivity contribution in [2.45, 2.75) is 52.2 Å². The van der Waals surface area contributed by atoms with Crippen molar-refractivity contribution >= 4 is 34.8 Å². The van der Waals surface area contributed by atoms with Gasteiger partial charge >= 0.3 is 0 Å². The van der Waals surface area contributed by atoms with Gasteiger partial charge in [-0.25, -0.2) is 9.97 Å². The van der Waals surface area contributed by atoms with E-state index < -0.39 is 5.91 Å². The summed E-state index contributed by atoms with van der Waals surface area (Å²) in [6, 6.07) is 10.1. The maximum atomic E-state index is 13.9. The second-order valence-corrected chi connectivity index (χ2v) is 14.9. The zero-order chi connectivity index (χ0) is 34.9. The first-order chi connectivity index (χ1) is 24.0. The molecule has 2 fully saturated rings. The molecule has 0 aromatic carbocycles. The molecule has 50 heavy (non-hydrogen) atoms. The van der Waals surface area contributed by atoms with Crippen LogP contribution in [0.4, 0.5) is 23.0 Å². The molecule has 0 unspecified atom stereocenters. The van der Waals surface area contributed by atoms with Crippen molar-refractivity contribution in [1.82, 2.24) is 24.0 Å². The summed E-state index contributed by atoms with van der Waals surface area (Å²) < 4.78 is 8.96. The number of nitrogens with one attached hydrogen (secondary N) is 1. The van der Waals surface area contributed by atoms with E-state index in [-0.39, 0.29) is 34.0 Å². The van der Waals surface area contributed by atoms with Crippen LogP contribution in [0, 0.1) is 5.41 Å². The zero-order valence-corrected chi connectivity index (χ0v) is 29.0. The largest absolute Gasteiger partial charge is 0.378 e. The summed E-state index contributed by atoms with van der Waals surface area (Å²) in [5.74, 6) is -0.191. The third-order valence-electron chi connectivity index (χ3n) is 10.7. The molecule has 260 valence electrons. The van der Waals surface area contributed by atoms with Crippen LogP contribution in [0.15, 0.2) is 53.7 Å². The highest BCUT2D eigenvalue weighted by atomic mass is 16.5. The van der Waals surface area contributed by atoms with Crippen LogP contribution in [0.3, 0.4) is 0 Å². The Bertz CT molecular complexity index is 2060. The van der Waals surface area contributed by atoms with Crippen LogP contribution < -0.4 is 26.4 Å². The molecule has 4 aliphatic rings. The number of nitrogens with two attached hydrogens (primary N) is 1. The summed E-state index contributed by atoms with van der Waals surface area (Å²) in [6.45, 7) is 12.2. The normalized spacial score (nSPS) is 20.4. The molecule has 7 heterocycles. The van der Waals surface area contributed by atoms with Crippen molar-refractivity contribution in [2.24, 2.45) is 18.2 Å². The number of ether oxygens (including phenoxy) is 1. The standard InChI is InChI=1S/C37H43N9O4/c1-22-18-43(26-20-50-21-26)9-10-44(22)25-5-6-31(40-17-25)41-28-13-24(19-42(4)35(28)48)27-7-8-39-34(32(27)33(38)47)46-12-11-45-29(36(46)49)14-23-15-37(2,3)16-30(23)45/h5-8,13-14,17,19,22,26H,9-12,15-16,18,20-21H2,1-4H3,(H2,38,47)(H,40,41)/t22-/m0/s1. The van der Waals surface area contributed by atoms with Crippen molar-refractivity contribution in [3.8, 4) is 11.1 Å². The lowest BCUT2D eigenvalue weighted by Crippen LogP contribution is -2.59. The molecule has 8 rings (SSSR count). The fourth-order valence-corrected chi connectivity index (χ4v) is 8.10. The van der Waals surface area contributed by atoms with Crippen molar-refractivity contribution < 1.29 is 14.3 Å². The van der Waals surface area contributed by atoms with Crippen molar-refractivity contribution in [1.29, 1.82) is 0 Å². The van der Waals surface area contributed by atoms with E-state index in [1.165, 1.54) is 15.8 Å². The minimum absolute atomic E-state index is 0.126. The Morgan fingerprint density at radius 2 is 1.86 bits per heavy atom. The van der Waals surface area contributed by atoms with Crippen LogP contribution in [0.1, 0.15) is 52.9 Å². The summed E-state index contributed by atoms with van der Waals surface area (Å²) in [6.07, 6.45) is 6.90. The number of fused-ring (bicyclic) bond motifs is 3. The highest BCUT2D eigenvalue weighted by Gasteiger charge is 2.38. The highest BCUT2D eigenvalue weighted by molar-refractivity contribution is 6.12. The quantitative estimate of drug-likeness (QED) is 0.302. The molecule has 0 spiro atoms. The van der Waals surface area contributed by atoms with Gasteiger partial charge in [-0.2, -0.15) is 0 Å². The first kappa shape index (κ1) is 32.2. The van der Waals surface area contributed by atoms with Crippen LogP contribution in [-0.4, -0.2) is 87.3 Å². The van der Waals surface area contributed by atoms with Gasteiger partial charge in [0.05, 0.1) is 36.7 Å². The van der Waals surface area contributed by atoms with E-state index in [0.29, 0.717) is 47.8 Å². The molecule has 4 aromatic rings. The number of primary amides is 1. The predicted molar refractivity (Wildman–Crippen MR) is 191 cm³/mol. The Morgan fingerprint density at radius 3 is 2.56 bits per heavy atom. The Kier molecular flexibility index (Phi) is 7.79. The second kappa shape index (κ2) is 12.1. The van der Waals surface area contributed by atoms with Gasteiger partial charge in [0.2, 0.25) is 0 Å². The minimum atomic E-state index is -0.710. The molecule has 2 saturated heterocycles. The van der Waals surface area contributed by atoms with Gasteiger partial charge in [0.15, 0.2) is 0 Å². The van der Waals surface area contributed by atoms with E-state index in [1.807, 2.05) is 24.4 Å². The molecule has 0 radical (unpaired) electrons. The van der Waals surface area contributed by atoms with Crippen LogP contribution in [0.5, 0.6) is 0 Å². The van der Waals surface area contributed by atoms with Crippen LogP contribution >= 0.6 is 0 Å². The third kappa shape index (κ3) is 5.54. The number of carbonyl (C=O) groups is 2. The topological polar surface area (TPSA) is 144 Å². The number of hydrogen-bond donors (Lipinski definition) is 2. The third-order valence-corrected chi connectivity index (χ3v) is 10.7. The Hall–Kier alpha value is -5.01. The minimum Gasteiger partial charge on any atom is -0.378 e. The number of rotatable bonds is 7. The molecular formula is C37H43N9O4. The second-order valence-electron chi connectivity index (χ2n) is 14.9. The first-order valence-corrected chi connectivity index (χ1v) is 17.3. The lowest BCUT2D eigenvalue weighted by molar-refractivity contribution is -0.0691. The van der Waals surface area contributed by atoms with Crippen molar-refractivity contribution in [3.63, 3.8) is 0 Å². The molecule has 1 atom stereocenters. The van der Waals surface area contributed by atoms with Gasteiger partial charge in [-0.15, -0.1) is 0 Å². The lowest BCUT2D eigenvalue weighted by atomic mass is 9.90. The number of nitrogens with zero attached hydrogens (tertiary/aromatic N) is 7. The van der Waals surface area contributed by atoms with Gasteiger partial charge in [-0.1, -0.05) is 13.8 Å². The maximum Gasteiger partial charge on any atom is 0.276 e. The summed E-state index contributed by atoms with van der Waals surface area (Å²) >= 11 is 0. The number of amides is 2. The smallest absolute Gasteiger partial charge is 0.276 e. The SMILES string of the molecule is C[C@H]1CN(C2COC2)CCN1c1ccc(Nc2cc(-c3ccnc(N4CCn5c(cc6c5CC(C)(C)C6)C4=O)c3C(N)=O)cn(C)c2=O)nc1. The molecule has 13 nitrogen and oxygen atoms in total. The average molecular weight is 678 g/mol. The van der Waals surface area contributed by atoms with E-state index in [1.54, 1.807) is 36.5 Å². The molecule has 4 aromatic heterocycles. The molecule has 3 aliphatic heterocycles. The number of anilines is 4. The summed E-state index contributed by atoms with van der Waals surface area (Å²) in [5.41, 5.74) is 11.4. The number of carbonyl (C=O) groups excluding carboxylic acids is 2. The van der Waals surface area contributed by atoms with E-state index in [9.17, 15) is 14.4 Å². The molecule has 2 amide bonds. The van der Waals surface area contributed by atoms with Gasteiger partial charge < -0.3 is 29.8 Å².